The maximum absolute atomic E-state index is 12.4. The van der Waals surface area contributed by atoms with Crippen molar-refractivity contribution in [2.75, 3.05) is 61.2 Å². The van der Waals surface area contributed by atoms with Crippen LogP contribution >= 0.6 is 0 Å². The predicted molar refractivity (Wildman–Crippen MR) is 129 cm³/mol. The zero-order chi connectivity index (χ0) is 23.6. The second-order valence-corrected chi connectivity index (χ2v) is 7.94. The average molecular weight is 455 g/mol. The van der Waals surface area contributed by atoms with Gasteiger partial charge in [0.2, 0.25) is 5.75 Å². The molecule has 7 heteroatoms. The number of benzene rings is 2. The van der Waals surface area contributed by atoms with Crippen LogP contribution in [0.4, 0.5) is 0 Å². The Labute approximate surface area is 196 Å². The number of ether oxygens (including phenoxy) is 4. The van der Waals surface area contributed by atoms with Crippen LogP contribution in [0.2, 0.25) is 0 Å². The van der Waals surface area contributed by atoms with E-state index in [2.05, 4.69) is 15.9 Å². The molecule has 0 aliphatic carbocycles. The Kier molecular flexibility index (Phi) is 9.15. The van der Waals surface area contributed by atoms with Gasteiger partial charge >= 0.3 is 0 Å². The lowest BCUT2D eigenvalue weighted by Gasteiger charge is -2.34. The van der Waals surface area contributed by atoms with Crippen LogP contribution in [0.1, 0.15) is 17.5 Å². The molecule has 1 heterocycles. The van der Waals surface area contributed by atoms with Crippen molar-refractivity contribution in [3.05, 3.63) is 53.6 Å². The minimum atomic E-state index is 0.0974. The van der Waals surface area contributed by atoms with Gasteiger partial charge < -0.3 is 23.8 Å². The first-order valence-electron chi connectivity index (χ1n) is 11.2. The molecule has 178 valence electrons. The lowest BCUT2D eigenvalue weighted by atomic mass is 10.1. The van der Waals surface area contributed by atoms with Gasteiger partial charge in [-0.25, -0.2) is 0 Å². The molecular weight excluding hydrogens is 420 g/mol. The number of hydrogen-bond acceptors (Lipinski definition) is 7. The highest BCUT2D eigenvalue weighted by Crippen LogP contribution is 2.38. The molecule has 0 bridgehead atoms. The summed E-state index contributed by atoms with van der Waals surface area (Å²) in [6.07, 6.45) is 3.91. The van der Waals surface area contributed by atoms with E-state index in [-0.39, 0.29) is 5.78 Å². The number of allylic oxidation sites excluding steroid dienone is 1. The van der Waals surface area contributed by atoms with Gasteiger partial charge in [-0.05, 0) is 29.8 Å². The standard InChI is InChI=1S/C26H34N2O5/c1-30-23-8-6-5-7-21(23)19-28-15-13-27(14-16-28)12-11-22(29)10-9-20-17-24(31-2)26(33-4)25(18-20)32-3/h5-10,17-18H,11-16,19H2,1-4H3/b10-9+. The maximum atomic E-state index is 12.4. The molecule has 1 aliphatic heterocycles. The molecule has 0 unspecified atom stereocenters. The van der Waals surface area contributed by atoms with Crippen LogP contribution in [0.5, 0.6) is 23.0 Å². The molecule has 3 rings (SSSR count). The van der Waals surface area contributed by atoms with Gasteiger partial charge in [-0.15, -0.1) is 0 Å². The van der Waals surface area contributed by atoms with Gasteiger partial charge in [-0.1, -0.05) is 24.3 Å². The van der Waals surface area contributed by atoms with E-state index in [9.17, 15) is 4.79 Å². The van der Waals surface area contributed by atoms with Crippen molar-refractivity contribution in [3.63, 3.8) is 0 Å². The van der Waals surface area contributed by atoms with Crippen molar-refractivity contribution in [1.82, 2.24) is 9.80 Å². The fourth-order valence-electron chi connectivity index (χ4n) is 3.98. The van der Waals surface area contributed by atoms with E-state index in [1.165, 1.54) is 5.56 Å². The zero-order valence-electron chi connectivity index (χ0n) is 20.0. The quantitative estimate of drug-likeness (QED) is 0.482. The topological polar surface area (TPSA) is 60.5 Å². The summed E-state index contributed by atoms with van der Waals surface area (Å²) in [4.78, 5) is 17.2. The van der Waals surface area contributed by atoms with Crippen molar-refractivity contribution in [2.24, 2.45) is 0 Å². The molecule has 0 aromatic heterocycles. The van der Waals surface area contributed by atoms with E-state index in [1.807, 2.05) is 30.3 Å². The number of carbonyl (C=O) groups is 1. The van der Waals surface area contributed by atoms with Crippen molar-refractivity contribution >= 4 is 11.9 Å². The Hall–Kier alpha value is -3.03. The summed E-state index contributed by atoms with van der Waals surface area (Å²) in [7, 11) is 6.43. The van der Waals surface area contributed by atoms with Crippen LogP contribution in [-0.2, 0) is 11.3 Å². The zero-order valence-corrected chi connectivity index (χ0v) is 20.0. The van der Waals surface area contributed by atoms with Crippen molar-refractivity contribution in [1.29, 1.82) is 0 Å². The number of nitrogens with zero attached hydrogens (tertiary/aromatic N) is 2. The first-order chi connectivity index (χ1) is 16.1. The second kappa shape index (κ2) is 12.3. The number of carbonyl (C=O) groups excluding carboxylic acids is 1. The number of ketones is 1. The van der Waals surface area contributed by atoms with Crippen LogP contribution < -0.4 is 18.9 Å². The number of piperazine rings is 1. The van der Waals surface area contributed by atoms with Gasteiger partial charge in [0.25, 0.3) is 0 Å². The molecule has 2 aromatic carbocycles. The number of hydrogen-bond donors (Lipinski definition) is 0. The van der Waals surface area contributed by atoms with E-state index in [0.29, 0.717) is 23.7 Å². The lowest BCUT2D eigenvalue weighted by molar-refractivity contribution is -0.115. The first-order valence-corrected chi connectivity index (χ1v) is 11.2. The summed E-state index contributed by atoms with van der Waals surface area (Å²) in [5, 5.41) is 0. The SMILES string of the molecule is COc1ccccc1CN1CCN(CCC(=O)/C=C/c2cc(OC)c(OC)c(OC)c2)CC1. The molecule has 1 aliphatic rings. The summed E-state index contributed by atoms with van der Waals surface area (Å²) >= 11 is 0. The molecule has 1 fully saturated rings. The van der Waals surface area contributed by atoms with Crippen LogP contribution in [0, 0.1) is 0 Å². The Morgan fingerprint density at radius 2 is 1.45 bits per heavy atom. The molecule has 0 atom stereocenters. The van der Waals surface area contributed by atoms with Crippen molar-refractivity contribution < 1.29 is 23.7 Å². The van der Waals surface area contributed by atoms with Crippen LogP contribution in [0.25, 0.3) is 6.08 Å². The van der Waals surface area contributed by atoms with Gasteiger partial charge in [0.05, 0.1) is 28.4 Å². The molecule has 1 saturated heterocycles. The van der Waals surface area contributed by atoms with E-state index in [1.54, 1.807) is 40.6 Å². The smallest absolute Gasteiger partial charge is 0.203 e. The highest BCUT2D eigenvalue weighted by molar-refractivity contribution is 5.93. The van der Waals surface area contributed by atoms with E-state index >= 15 is 0 Å². The van der Waals surface area contributed by atoms with E-state index in [4.69, 9.17) is 18.9 Å². The minimum absolute atomic E-state index is 0.0974. The van der Waals surface area contributed by atoms with Crippen molar-refractivity contribution in [2.45, 2.75) is 13.0 Å². The predicted octanol–water partition coefficient (Wildman–Crippen LogP) is 3.51. The lowest BCUT2D eigenvalue weighted by Crippen LogP contribution is -2.46. The Morgan fingerprint density at radius 3 is 2.06 bits per heavy atom. The Balaban J connectivity index is 1.47. The molecular formula is C26H34N2O5. The van der Waals surface area contributed by atoms with Crippen LogP contribution in [-0.4, -0.2) is 76.7 Å². The third-order valence-electron chi connectivity index (χ3n) is 5.87. The maximum Gasteiger partial charge on any atom is 0.203 e. The molecule has 7 nitrogen and oxygen atoms in total. The largest absolute Gasteiger partial charge is 0.496 e. The third kappa shape index (κ3) is 6.73. The summed E-state index contributed by atoms with van der Waals surface area (Å²) in [5.74, 6) is 2.70. The van der Waals surface area contributed by atoms with Crippen LogP contribution in [0.15, 0.2) is 42.5 Å². The van der Waals surface area contributed by atoms with Gasteiger partial charge in [0.1, 0.15) is 5.75 Å². The number of methoxy groups -OCH3 is 4. The van der Waals surface area contributed by atoms with Gasteiger partial charge in [0, 0.05) is 51.3 Å². The van der Waals surface area contributed by atoms with Gasteiger partial charge in [0.15, 0.2) is 17.3 Å². The van der Waals surface area contributed by atoms with Gasteiger partial charge in [-0.3, -0.25) is 9.69 Å². The minimum Gasteiger partial charge on any atom is -0.496 e. The first kappa shape index (κ1) is 24.6. The third-order valence-corrected chi connectivity index (χ3v) is 5.87. The molecule has 0 N–H and O–H groups in total. The van der Waals surface area contributed by atoms with Crippen molar-refractivity contribution in [3.8, 4) is 23.0 Å². The number of rotatable bonds is 11. The molecule has 2 aromatic rings. The fraction of sp³-hybridized carbons (Fsp3) is 0.423. The molecule has 0 radical (unpaired) electrons. The summed E-state index contributed by atoms with van der Waals surface area (Å²) in [6, 6.07) is 11.8. The summed E-state index contributed by atoms with van der Waals surface area (Å²) in [6.45, 7) is 5.52. The highest BCUT2D eigenvalue weighted by atomic mass is 16.5. The second-order valence-electron chi connectivity index (χ2n) is 7.94. The van der Waals surface area contributed by atoms with Crippen LogP contribution in [0.3, 0.4) is 0 Å². The van der Waals surface area contributed by atoms with E-state index < -0.39 is 0 Å². The fourth-order valence-corrected chi connectivity index (χ4v) is 3.98. The molecule has 0 saturated carbocycles. The summed E-state index contributed by atoms with van der Waals surface area (Å²) in [5.41, 5.74) is 2.03. The van der Waals surface area contributed by atoms with Gasteiger partial charge in [-0.2, -0.15) is 0 Å². The average Bonchev–Trinajstić information content (AvgIpc) is 2.86. The molecule has 0 spiro atoms. The Bertz CT molecular complexity index is 926. The Morgan fingerprint density at radius 1 is 0.848 bits per heavy atom. The number of para-hydroxylation sites is 1. The molecule has 0 amide bonds. The normalized spacial score (nSPS) is 14.9. The highest BCUT2D eigenvalue weighted by Gasteiger charge is 2.18. The summed E-state index contributed by atoms with van der Waals surface area (Å²) < 4.78 is 21.5. The molecule has 33 heavy (non-hydrogen) atoms. The van der Waals surface area contributed by atoms with E-state index in [0.717, 1.165) is 50.6 Å². The monoisotopic (exact) mass is 454 g/mol.